The van der Waals surface area contributed by atoms with Gasteiger partial charge in [0.25, 0.3) is 0 Å². The molecule has 4 aromatic carbocycles. The fourth-order valence-electron chi connectivity index (χ4n) is 4.61. The van der Waals surface area contributed by atoms with Gasteiger partial charge in [-0.2, -0.15) is 0 Å². The Bertz CT molecular complexity index is 1250. The maximum absolute atomic E-state index is 14.9. The van der Waals surface area contributed by atoms with E-state index >= 15 is 0 Å². The summed E-state index contributed by atoms with van der Waals surface area (Å²) in [7, 11) is 0. The van der Waals surface area contributed by atoms with Crippen LogP contribution in [-0.4, -0.2) is 0 Å². The van der Waals surface area contributed by atoms with Crippen molar-refractivity contribution in [1.82, 2.24) is 0 Å². The van der Waals surface area contributed by atoms with Crippen molar-refractivity contribution in [3.05, 3.63) is 143 Å². The third-order valence-corrected chi connectivity index (χ3v) is 6.87. The lowest BCUT2D eigenvalue weighted by Gasteiger charge is -2.14. The molecular weight excluding hydrogens is 446 g/mol. The number of allylic oxidation sites excluding steroid dienone is 2. The van der Waals surface area contributed by atoms with E-state index in [-0.39, 0.29) is 11.5 Å². The lowest BCUT2D eigenvalue weighted by molar-refractivity contribution is 0.544. The molecule has 0 heterocycles. The Kier molecular flexibility index (Phi) is 8.84. The molecule has 2 heteroatoms. The summed E-state index contributed by atoms with van der Waals surface area (Å²) in [5.74, 6) is -0.924. The van der Waals surface area contributed by atoms with E-state index < -0.39 is 11.6 Å². The van der Waals surface area contributed by atoms with Crippen molar-refractivity contribution in [2.75, 3.05) is 0 Å². The molecule has 0 N–H and O–H groups in total. The first-order valence-corrected chi connectivity index (χ1v) is 12.8. The number of halogens is 2. The minimum atomic E-state index is -0.481. The van der Waals surface area contributed by atoms with Crippen LogP contribution in [-0.2, 0) is 25.7 Å². The molecule has 0 aromatic heterocycles. The molecule has 36 heavy (non-hydrogen) atoms. The van der Waals surface area contributed by atoms with Gasteiger partial charge in [0, 0.05) is 5.56 Å². The lowest BCUT2D eigenvalue weighted by atomic mass is 9.92. The largest absolute Gasteiger partial charge is 0.207 e. The highest BCUT2D eigenvalue weighted by atomic mass is 19.1. The zero-order valence-electron chi connectivity index (χ0n) is 21.2. The van der Waals surface area contributed by atoms with Crippen LogP contribution in [0.1, 0.15) is 54.0 Å². The average Bonchev–Trinajstić information content (AvgIpc) is 2.91. The lowest BCUT2D eigenvalue weighted by Crippen LogP contribution is -2.04. The van der Waals surface area contributed by atoms with Gasteiger partial charge >= 0.3 is 0 Å². The first-order valence-electron chi connectivity index (χ1n) is 12.8. The second-order valence-electron chi connectivity index (χ2n) is 9.56. The summed E-state index contributed by atoms with van der Waals surface area (Å²) in [5.41, 5.74) is 6.52. The van der Waals surface area contributed by atoms with E-state index in [4.69, 9.17) is 0 Å². The molecule has 0 aliphatic carbocycles. The number of aryl methyl sites for hydroxylation is 3. The molecule has 0 aliphatic rings. The third kappa shape index (κ3) is 6.79. The first-order chi connectivity index (χ1) is 17.5. The van der Waals surface area contributed by atoms with E-state index in [0.717, 1.165) is 36.8 Å². The van der Waals surface area contributed by atoms with Crippen molar-refractivity contribution in [3.63, 3.8) is 0 Å². The summed E-state index contributed by atoms with van der Waals surface area (Å²) in [6.45, 7) is 4.05. The van der Waals surface area contributed by atoms with Crippen LogP contribution in [0.2, 0.25) is 0 Å². The predicted octanol–water partition coefficient (Wildman–Crippen LogP) is 9.27. The quantitative estimate of drug-likeness (QED) is 0.198. The summed E-state index contributed by atoms with van der Waals surface area (Å²) < 4.78 is 29.9. The number of hydrogen-bond acceptors (Lipinski definition) is 0. The number of benzene rings is 4. The van der Waals surface area contributed by atoms with E-state index in [1.165, 1.54) is 28.8 Å². The van der Waals surface area contributed by atoms with Crippen LogP contribution in [0, 0.1) is 11.6 Å². The van der Waals surface area contributed by atoms with Gasteiger partial charge in [-0.3, -0.25) is 0 Å². The standard InChI is InChI=1S/C34H34F2/c1-3-4-6-9-26-12-14-27(15-13-26)16-17-28-18-20-30(21-19-28)31-23-33(35)32(34(36)24-31)22-25(2)29-10-7-5-8-11-29/h3-5,7-8,10-15,18-21,23-25H,6,9,16-17,22H2,1-2H3/b4-3+. The van der Waals surface area contributed by atoms with Crippen molar-refractivity contribution >= 4 is 0 Å². The van der Waals surface area contributed by atoms with Crippen molar-refractivity contribution < 1.29 is 8.78 Å². The second kappa shape index (κ2) is 12.4. The van der Waals surface area contributed by atoms with Crippen LogP contribution in [0.15, 0.2) is 103 Å². The molecule has 0 spiro atoms. The molecule has 1 unspecified atom stereocenters. The smallest absolute Gasteiger partial charge is 0.129 e. The van der Waals surface area contributed by atoms with Crippen molar-refractivity contribution in [2.24, 2.45) is 0 Å². The summed E-state index contributed by atoms with van der Waals surface area (Å²) in [4.78, 5) is 0. The van der Waals surface area contributed by atoms with Gasteiger partial charge < -0.3 is 0 Å². The van der Waals surface area contributed by atoms with E-state index in [0.29, 0.717) is 12.0 Å². The Morgan fingerprint density at radius 2 is 1.19 bits per heavy atom. The predicted molar refractivity (Wildman–Crippen MR) is 147 cm³/mol. The van der Waals surface area contributed by atoms with E-state index in [2.05, 4.69) is 55.5 Å². The molecule has 0 fully saturated rings. The van der Waals surface area contributed by atoms with Crippen LogP contribution >= 0.6 is 0 Å². The van der Waals surface area contributed by atoms with Crippen LogP contribution in [0.4, 0.5) is 8.78 Å². The summed E-state index contributed by atoms with van der Waals surface area (Å²) >= 11 is 0. The normalized spacial score (nSPS) is 12.2. The van der Waals surface area contributed by atoms with Crippen LogP contribution < -0.4 is 0 Å². The fraction of sp³-hybridized carbons (Fsp3) is 0.235. The highest BCUT2D eigenvalue weighted by Crippen LogP contribution is 2.29. The minimum Gasteiger partial charge on any atom is -0.207 e. The van der Waals surface area contributed by atoms with Gasteiger partial charge in [0.15, 0.2) is 0 Å². The SMILES string of the molecule is C/C=C/CCc1ccc(CCc2ccc(-c3cc(F)c(CC(C)c4ccccc4)c(F)c3)cc2)cc1. The van der Waals surface area contributed by atoms with Gasteiger partial charge in [-0.05, 0) is 90.5 Å². The molecular formula is C34H34F2. The first kappa shape index (κ1) is 25.6. The van der Waals surface area contributed by atoms with E-state index in [1.54, 1.807) is 0 Å². The van der Waals surface area contributed by atoms with Gasteiger partial charge in [-0.15, -0.1) is 0 Å². The maximum atomic E-state index is 14.9. The monoisotopic (exact) mass is 480 g/mol. The zero-order valence-corrected chi connectivity index (χ0v) is 21.2. The van der Waals surface area contributed by atoms with Gasteiger partial charge in [0.1, 0.15) is 11.6 Å². The van der Waals surface area contributed by atoms with Gasteiger partial charge in [0.05, 0.1) is 0 Å². The molecule has 0 nitrogen and oxygen atoms in total. The molecule has 0 saturated heterocycles. The maximum Gasteiger partial charge on any atom is 0.129 e. The highest BCUT2D eigenvalue weighted by Gasteiger charge is 2.16. The van der Waals surface area contributed by atoms with Crippen molar-refractivity contribution in [2.45, 2.75) is 51.9 Å². The average molecular weight is 481 g/mol. The Balaban J connectivity index is 1.38. The van der Waals surface area contributed by atoms with Gasteiger partial charge in [0.2, 0.25) is 0 Å². The van der Waals surface area contributed by atoms with E-state index in [1.807, 2.05) is 49.4 Å². The summed E-state index contributed by atoms with van der Waals surface area (Å²) in [6, 6.07) is 29.7. The zero-order chi connectivity index (χ0) is 25.3. The molecule has 0 aliphatic heterocycles. The Hall–Kier alpha value is -3.52. The van der Waals surface area contributed by atoms with Crippen LogP contribution in [0.3, 0.4) is 0 Å². The molecule has 1 atom stereocenters. The molecule has 0 saturated carbocycles. The summed E-state index contributed by atoms with van der Waals surface area (Å²) in [6.07, 6.45) is 8.66. The fourth-order valence-corrected chi connectivity index (χ4v) is 4.61. The molecule has 4 rings (SSSR count). The summed E-state index contributed by atoms with van der Waals surface area (Å²) in [5, 5.41) is 0. The second-order valence-corrected chi connectivity index (χ2v) is 9.56. The van der Waals surface area contributed by atoms with E-state index in [9.17, 15) is 8.78 Å². The van der Waals surface area contributed by atoms with Crippen molar-refractivity contribution in [3.8, 4) is 11.1 Å². The molecule has 0 radical (unpaired) electrons. The van der Waals surface area contributed by atoms with Crippen molar-refractivity contribution in [1.29, 1.82) is 0 Å². The molecule has 0 bridgehead atoms. The van der Waals surface area contributed by atoms with Crippen LogP contribution in [0.25, 0.3) is 11.1 Å². The minimum absolute atomic E-state index is 0.0368. The van der Waals surface area contributed by atoms with Crippen LogP contribution in [0.5, 0.6) is 0 Å². The molecule has 0 amide bonds. The third-order valence-electron chi connectivity index (χ3n) is 6.87. The Morgan fingerprint density at radius 3 is 1.75 bits per heavy atom. The highest BCUT2D eigenvalue weighted by molar-refractivity contribution is 5.64. The topological polar surface area (TPSA) is 0 Å². The van der Waals surface area contributed by atoms with Gasteiger partial charge in [-0.1, -0.05) is 97.9 Å². The molecule has 4 aromatic rings. The molecule has 184 valence electrons. The number of rotatable bonds is 10. The Labute approximate surface area is 214 Å². The number of hydrogen-bond donors (Lipinski definition) is 0. The Morgan fingerprint density at radius 1 is 0.667 bits per heavy atom. The van der Waals surface area contributed by atoms with Gasteiger partial charge in [-0.25, -0.2) is 8.78 Å².